The number of fused-ring (bicyclic) bond motifs is 3. The third kappa shape index (κ3) is 4.61. The summed E-state index contributed by atoms with van der Waals surface area (Å²) in [6.45, 7) is 4.97. The van der Waals surface area contributed by atoms with Crippen molar-refractivity contribution in [1.29, 1.82) is 0 Å². The maximum atomic E-state index is 15.1. The van der Waals surface area contributed by atoms with Gasteiger partial charge < -0.3 is 24.5 Å². The van der Waals surface area contributed by atoms with Crippen molar-refractivity contribution in [2.45, 2.75) is 56.4 Å². The van der Waals surface area contributed by atoms with Crippen molar-refractivity contribution in [2.24, 2.45) is 11.8 Å². The second-order valence-corrected chi connectivity index (χ2v) is 13.0. The first kappa shape index (κ1) is 30.4. The van der Waals surface area contributed by atoms with Gasteiger partial charge in [-0.2, -0.15) is 0 Å². The Kier molecular flexibility index (Phi) is 7.81. The second kappa shape index (κ2) is 11.8. The molecule has 2 fully saturated rings. The molecule has 46 heavy (non-hydrogen) atoms. The Morgan fingerprint density at radius 1 is 0.848 bits per heavy atom. The van der Waals surface area contributed by atoms with Crippen LogP contribution < -0.4 is 4.90 Å². The fraction of sp³-hybridized carbons (Fsp3) is 0.395. The molecule has 8 heteroatoms. The first-order chi connectivity index (χ1) is 22.4. The molecule has 4 aliphatic heterocycles. The van der Waals surface area contributed by atoms with Crippen molar-refractivity contribution < 1.29 is 24.2 Å². The van der Waals surface area contributed by atoms with Crippen molar-refractivity contribution >= 4 is 34.2 Å². The number of hydrogen-bond donors (Lipinski definition) is 1. The molecule has 8 nitrogen and oxygen atoms in total. The average molecular weight is 620 g/mol. The fourth-order valence-corrected chi connectivity index (χ4v) is 8.33. The van der Waals surface area contributed by atoms with E-state index in [9.17, 15) is 14.7 Å². The van der Waals surface area contributed by atoms with E-state index < -0.39 is 35.1 Å². The Balaban J connectivity index is 1.38. The van der Waals surface area contributed by atoms with Crippen LogP contribution in [0.1, 0.15) is 32.3 Å². The molecule has 238 valence electrons. The lowest BCUT2D eigenvalue weighted by atomic mass is 9.73. The molecule has 0 bridgehead atoms. The molecule has 3 aromatic carbocycles. The molecule has 2 saturated heterocycles. The fourth-order valence-electron chi connectivity index (χ4n) is 8.33. The Morgan fingerprint density at radius 2 is 1.59 bits per heavy atom. The molecule has 0 aliphatic carbocycles. The first-order valence-electron chi connectivity index (χ1n) is 16.5. The van der Waals surface area contributed by atoms with Gasteiger partial charge in [0.2, 0.25) is 11.8 Å². The molecule has 6 atom stereocenters. The number of nitrogens with zero attached hydrogens (tertiary/aromatic N) is 3. The van der Waals surface area contributed by atoms with E-state index in [2.05, 4.69) is 0 Å². The lowest BCUT2D eigenvalue weighted by Crippen LogP contribution is -2.59. The van der Waals surface area contributed by atoms with Crippen molar-refractivity contribution in [2.75, 3.05) is 31.1 Å². The summed E-state index contributed by atoms with van der Waals surface area (Å²) in [6.07, 6.45) is 9.35. The highest BCUT2D eigenvalue weighted by atomic mass is 16.5. The predicted molar refractivity (Wildman–Crippen MR) is 177 cm³/mol. The number of likely N-dealkylation sites (tertiary alicyclic amines) is 1. The van der Waals surface area contributed by atoms with Crippen LogP contribution in [0.3, 0.4) is 0 Å². The van der Waals surface area contributed by atoms with E-state index in [1.807, 2.05) is 116 Å². The van der Waals surface area contributed by atoms with Gasteiger partial charge in [-0.3, -0.25) is 14.4 Å². The lowest BCUT2D eigenvalue weighted by molar-refractivity contribution is -0.152. The summed E-state index contributed by atoms with van der Waals surface area (Å²) in [7, 11) is 0. The third-order valence-corrected chi connectivity index (χ3v) is 10.4. The van der Waals surface area contributed by atoms with Crippen molar-refractivity contribution in [3.05, 3.63) is 103 Å². The molecule has 4 heterocycles. The molecular weight excluding hydrogens is 578 g/mol. The van der Waals surface area contributed by atoms with Crippen LogP contribution in [0, 0.1) is 11.8 Å². The molecule has 0 aromatic heterocycles. The van der Waals surface area contributed by atoms with E-state index in [1.54, 1.807) is 9.80 Å². The number of benzene rings is 3. The van der Waals surface area contributed by atoms with Gasteiger partial charge in [0.15, 0.2) is 0 Å². The van der Waals surface area contributed by atoms with E-state index in [1.165, 1.54) is 0 Å². The number of rotatable bonds is 8. The number of aliphatic hydroxyl groups is 1. The minimum atomic E-state index is -1.39. The molecule has 3 aromatic rings. The quantitative estimate of drug-likeness (QED) is 0.375. The minimum Gasteiger partial charge on any atom is -0.394 e. The van der Waals surface area contributed by atoms with Crippen LogP contribution in [0.15, 0.2) is 97.1 Å². The maximum absolute atomic E-state index is 15.1. The van der Waals surface area contributed by atoms with Crippen molar-refractivity contribution in [1.82, 2.24) is 9.80 Å². The molecule has 3 amide bonds. The van der Waals surface area contributed by atoms with Gasteiger partial charge in [0, 0.05) is 25.3 Å². The van der Waals surface area contributed by atoms with Gasteiger partial charge in [0.25, 0.3) is 5.91 Å². The summed E-state index contributed by atoms with van der Waals surface area (Å²) in [4.78, 5) is 49.5. The molecule has 7 rings (SSSR count). The van der Waals surface area contributed by atoms with Gasteiger partial charge in [-0.15, -0.1) is 0 Å². The number of anilines is 1. The number of hydrogen-bond acceptors (Lipinski definition) is 5. The number of carbonyl (C=O) groups excluding carboxylic acids is 3. The summed E-state index contributed by atoms with van der Waals surface area (Å²) >= 11 is 0. The van der Waals surface area contributed by atoms with E-state index in [4.69, 9.17) is 4.74 Å². The van der Waals surface area contributed by atoms with Crippen molar-refractivity contribution in [3.8, 4) is 0 Å². The van der Waals surface area contributed by atoms with E-state index >= 15 is 4.79 Å². The first-order valence-corrected chi connectivity index (χ1v) is 16.5. The Morgan fingerprint density at radius 3 is 2.33 bits per heavy atom. The summed E-state index contributed by atoms with van der Waals surface area (Å²) in [5.41, 5.74) is -0.775. The summed E-state index contributed by atoms with van der Waals surface area (Å²) in [6, 6.07) is 21.8. The van der Waals surface area contributed by atoms with Crippen LogP contribution in [-0.2, 0) is 25.5 Å². The molecule has 0 radical (unpaired) electrons. The van der Waals surface area contributed by atoms with Gasteiger partial charge in [0.05, 0.1) is 30.1 Å². The van der Waals surface area contributed by atoms with Crippen LogP contribution in [0.5, 0.6) is 0 Å². The lowest BCUT2D eigenvalue weighted by Gasteiger charge is -2.41. The topological polar surface area (TPSA) is 90.4 Å². The highest BCUT2D eigenvalue weighted by molar-refractivity contribution is 6.07. The van der Waals surface area contributed by atoms with Crippen molar-refractivity contribution in [3.63, 3.8) is 0 Å². The number of amides is 3. The summed E-state index contributed by atoms with van der Waals surface area (Å²) < 4.78 is 7.13. The largest absolute Gasteiger partial charge is 0.394 e. The highest BCUT2D eigenvalue weighted by Gasteiger charge is 2.76. The molecule has 0 saturated carbocycles. The van der Waals surface area contributed by atoms with Crippen LogP contribution >= 0.6 is 0 Å². The van der Waals surface area contributed by atoms with Crippen LogP contribution in [0.2, 0.25) is 0 Å². The molecule has 1 unspecified atom stereocenters. The number of ether oxygens (including phenoxy) is 1. The Labute approximate surface area is 269 Å². The average Bonchev–Trinajstić information content (AvgIpc) is 3.38. The second-order valence-electron chi connectivity index (χ2n) is 13.0. The summed E-state index contributed by atoms with van der Waals surface area (Å²) in [5, 5.41) is 12.9. The van der Waals surface area contributed by atoms with E-state index in [0.717, 1.165) is 22.8 Å². The molecule has 1 spiro atoms. The monoisotopic (exact) mass is 619 g/mol. The van der Waals surface area contributed by atoms with Crippen LogP contribution in [0.25, 0.3) is 10.8 Å². The van der Waals surface area contributed by atoms with Gasteiger partial charge in [-0.25, -0.2) is 0 Å². The smallest absolute Gasteiger partial charge is 0.253 e. The SMILES string of the molecule is CCCN1CC=C[C@@]2(CC)O[C@]34C=CCN(c5ccc6ccccc6c5)C(=O)C3N([C@@H](CO)Cc3ccccc3)C(=O)[C@@H]4[C@H]2C1=O. The molecule has 1 N–H and O–H groups in total. The molecule has 4 aliphatic rings. The predicted octanol–water partition coefficient (Wildman–Crippen LogP) is 4.52. The van der Waals surface area contributed by atoms with Gasteiger partial charge in [0.1, 0.15) is 11.6 Å². The Hall–Kier alpha value is -4.27. The number of aliphatic hydroxyl groups excluding tert-OH is 1. The Bertz CT molecular complexity index is 1720. The van der Waals surface area contributed by atoms with Gasteiger partial charge >= 0.3 is 0 Å². The minimum absolute atomic E-state index is 0.121. The zero-order chi connectivity index (χ0) is 32.1. The normalized spacial score (nSPS) is 29.5. The zero-order valence-electron chi connectivity index (χ0n) is 26.4. The van der Waals surface area contributed by atoms with E-state index in [0.29, 0.717) is 31.6 Å². The third-order valence-electron chi connectivity index (χ3n) is 10.4. The standard InChI is InChI=1S/C38H41N3O5/c1-3-20-39-21-10-18-37(4-2)31(34(39)43)32-35(44)41(30(25-42)23-26-12-6-5-7-13-26)33-36(45)40(22-11-19-38(32,33)46-37)29-17-16-27-14-8-9-15-28(27)24-29/h5-19,24,30-33,42H,3-4,20-23,25H2,1-2H3/t30-,31+,32+,33?,37-,38+/m1/s1. The highest BCUT2D eigenvalue weighted by Crippen LogP contribution is 2.59. The van der Waals surface area contributed by atoms with E-state index in [-0.39, 0.29) is 30.9 Å². The number of carbonyl (C=O) groups is 3. The maximum Gasteiger partial charge on any atom is 0.253 e. The van der Waals surface area contributed by atoms with Gasteiger partial charge in [-0.05, 0) is 47.7 Å². The van der Waals surface area contributed by atoms with Crippen LogP contribution in [-0.4, -0.2) is 82.2 Å². The summed E-state index contributed by atoms with van der Waals surface area (Å²) in [5.74, 6) is -2.45. The zero-order valence-corrected chi connectivity index (χ0v) is 26.4. The van der Waals surface area contributed by atoms with Crippen LogP contribution in [0.4, 0.5) is 5.69 Å². The van der Waals surface area contributed by atoms with Gasteiger partial charge in [-0.1, -0.05) is 98.8 Å². The molecular formula is C38H41N3O5.